The number of benzene rings is 1. The monoisotopic (exact) mass is 312 g/mol. The molecule has 1 aromatic rings. The highest BCUT2D eigenvalue weighted by Gasteiger charge is 2.29. The third-order valence-corrected chi connectivity index (χ3v) is 5.19. The average molecular weight is 312 g/mol. The van der Waals surface area contributed by atoms with Crippen molar-refractivity contribution in [3.8, 4) is 5.75 Å². The van der Waals surface area contributed by atoms with Crippen LogP contribution in [0.4, 0.5) is 5.69 Å². The van der Waals surface area contributed by atoms with Crippen molar-refractivity contribution in [1.82, 2.24) is 5.32 Å². The van der Waals surface area contributed by atoms with Gasteiger partial charge in [-0.1, -0.05) is 6.07 Å². The number of hydrogen-bond donors (Lipinski definition) is 2. The molecular weight excluding hydrogens is 292 g/mol. The minimum atomic E-state index is -2.92. The quantitative estimate of drug-likeness (QED) is 0.591. The fourth-order valence-corrected chi connectivity index (χ4v) is 4.19. The molecular formula is C14H20N2O4S. The molecule has 1 aromatic carbocycles. The Bertz CT molecular complexity index is 601. The lowest BCUT2D eigenvalue weighted by atomic mass is 10.1. The summed E-state index contributed by atoms with van der Waals surface area (Å²) in [5.74, 6) is 0.799. The number of anilines is 1. The second kappa shape index (κ2) is 6.80. The van der Waals surface area contributed by atoms with E-state index in [1.165, 1.54) is 0 Å². The van der Waals surface area contributed by atoms with Gasteiger partial charge in [0.15, 0.2) is 9.84 Å². The Morgan fingerprint density at radius 2 is 2.24 bits per heavy atom. The largest absolute Gasteiger partial charge is 0.492 e. The van der Waals surface area contributed by atoms with Gasteiger partial charge in [-0.25, -0.2) is 8.42 Å². The van der Waals surface area contributed by atoms with Crippen molar-refractivity contribution in [1.29, 1.82) is 0 Å². The molecule has 21 heavy (non-hydrogen) atoms. The van der Waals surface area contributed by atoms with Crippen molar-refractivity contribution in [2.45, 2.75) is 12.8 Å². The van der Waals surface area contributed by atoms with E-state index in [0.29, 0.717) is 31.0 Å². The molecule has 1 fully saturated rings. The van der Waals surface area contributed by atoms with E-state index in [-0.39, 0.29) is 29.8 Å². The van der Waals surface area contributed by atoms with E-state index in [4.69, 9.17) is 10.5 Å². The summed E-state index contributed by atoms with van der Waals surface area (Å²) in [6, 6.07) is 7.07. The molecule has 0 aromatic heterocycles. The molecule has 0 saturated carbocycles. The third-order valence-electron chi connectivity index (χ3n) is 3.35. The molecule has 2 rings (SSSR count). The number of rotatable bonds is 6. The van der Waals surface area contributed by atoms with Gasteiger partial charge in [-0.05, 0) is 24.5 Å². The number of carbonyl (C=O) groups is 1. The Kier molecular flexibility index (Phi) is 5.06. The van der Waals surface area contributed by atoms with Crippen LogP contribution in [-0.4, -0.2) is 39.0 Å². The van der Waals surface area contributed by atoms with Crippen molar-refractivity contribution < 1.29 is 17.9 Å². The maximum absolute atomic E-state index is 11.7. The van der Waals surface area contributed by atoms with Crippen LogP contribution in [0.5, 0.6) is 5.75 Å². The number of amides is 1. The fraction of sp³-hybridized carbons (Fsp3) is 0.500. The molecule has 1 aliphatic heterocycles. The van der Waals surface area contributed by atoms with E-state index in [2.05, 4.69) is 5.32 Å². The van der Waals surface area contributed by atoms with Crippen LogP contribution < -0.4 is 15.8 Å². The molecule has 0 radical (unpaired) electrons. The Morgan fingerprint density at radius 1 is 1.43 bits per heavy atom. The lowest BCUT2D eigenvalue weighted by Gasteiger charge is -2.10. The summed E-state index contributed by atoms with van der Waals surface area (Å²) >= 11 is 0. The van der Waals surface area contributed by atoms with Crippen LogP contribution in [0.2, 0.25) is 0 Å². The van der Waals surface area contributed by atoms with Gasteiger partial charge in [0.05, 0.1) is 18.1 Å². The second-order valence-electron chi connectivity index (χ2n) is 5.24. The number of carbonyl (C=O) groups excluding carboxylic acids is 1. The van der Waals surface area contributed by atoms with E-state index in [9.17, 15) is 13.2 Å². The zero-order valence-electron chi connectivity index (χ0n) is 11.7. The first kappa shape index (κ1) is 15.6. The molecule has 7 heteroatoms. The van der Waals surface area contributed by atoms with Crippen LogP contribution in [0.3, 0.4) is 0 Å². The highest BCUT2D eigenvalue weighted by Crippen LogP contribution is 2.21. The zero-order chi connectivity index (χ0) is 15.3. The number of hydrogen-bond acceptors (Lipinski definition) is 5. The molecule has 116 valence electrons. The molecule has 1 aliphatic rings. The highest BCUT2D eigenvalue weighted by atomic mass is 32.2. The molecule has 6 nitrogen and oxygen atoms in total. The van der Waals surface area contributed by atoms with Gasteiger partial charge in [0.1, 0.15) is 12.4 Å². The Balaban J connectivity index is 1.64. The molecule has 0 bridgehead atoms. The Morgan fingerprint density at radius 3 is 2.90 bits per heavy atom. The summed E-state index contributed by atoms with van der Waals surface area (Å²) in [6.07, 6.45) is 0.840. The summed E-state index contributed by atoms with van der Waals surface area (Å²) < 4.78 is 28.1. The number of sulfone groups is 1. The first-order valence-electron chi connectivity index (χ1n) is 6.90. The normalized spacial score (nSPS) is 20.1. The first-order chi connectivity index (χ1) is 9.94. The smallest absolute Gasteiger partial charge is 0.220 e. The standard InChI is InChI=1S/C14H20N2O4S/c15-12-2-1-3-13(9-12)20-6-5-16-14(17)8-11-4-7-21(18,19)10-11/h1-3,9,11H,4-8,10,15H2,(H,16,17). The van der Waals surface area contributed by atoms with E-state index in [1.807, 2.05) is 0 Å². The molecule has 1 heterocycles. The first-order valence-corrected chi connectivity index (χ1v) is 8.72. The Hall–Kier alpha value is -1.76. The molecule has 1 unspecified atom stereocenters. The lowest BCUT2D eigenvalue weighted by Crippen LogP contribution is -2.29. The summed E-state index contributed by atoms with van der Waals surface area (Å²) in [5.41, 5.74) is 6.25. The minimum absolute atomic E-state index is 0.0511. The summed E-state index contributed by atoms with van der Waals surface area (Å²) in [5, 5.41) is 2.73. The lowest BCUT2D eigenvalue weighted by molar-refractivity contribution is -0.121. The maximum atomic E-state index is 11.7. The van der Waals surface area contributed by atoms with Crippen LogP contribution in [0.15, 0.2) is 24.3 Å². The number of ether oxygens (including phenoxy) is 1. The number of nitrogen functional groups attached to an aromatic ring is 1. The molecule has 1 saturated heterocycles. The summed E-state index contributed by atoms with van der Waals surface area (Å²) in [4.78, 5) is 11.7. The molecule has 1 amide bonds. The third kappa shape index (κ3) is 5.26. The van der Waals surface area contributed by atoms with Crippen molar-refractivity contribution in [2.75, 3.05) is 30.4 Å². The van der Waals surface area contributed by atoms with Crippen LogP contribution in [-0.2, 0) is 14.6 Å². The molecule has 1 atom stereocenters. The van der Waals surface area contributed by atoms with Gasteiger partial charge in [0, 0.05) is 18.2 Å². The van der Waals surface area contributed by atoms with Gasteiger partial charge < -0.3 is 15.8 Å². The fourth-order valence-electron chi connectivity index (χ4n) is 2.33. The van der Waals surface area contributed by atoms with Gasteiger partial charge in [0.2, 0.25) is 5.91 Å². The van der Waals surface area contributed by atoms with Gasteiger partial charge in [-0.3, -0.25) is 4.79 Å². The topological polar surface area (TPSA) is 98.5 Å². The zero-order valence-corrected chi connectivity index (χ0v) is 12.6. The van der Waals surface area contributed by atoms with Gasteiger partial charge in [0.25, 0.3) is 0 Å². The second-order valence-corrected chi connectivity index (χ2v) is 7.47. The van der Waals surface area contributed by atoms with Crippen LogP contribution in [0, 0.1) is 5.92 Å². The SMILES string of the molecule is Nc1cccc(OCCNC(=O)CC2CCS(=O)(=O)C2)c1. The van der Waals surface area contributed by atoms with Gasteiger partial charge in [-0.15, -0.1) is 0 Å². The van der Waals surface area contributed by atoms with E-state index in [1.54, 1.807) is 24.3 Å². The minimum Gasteiger partial charge on any atom is -0.492 e. The Labute approximate surface area is 124 Å². The summed E-state index contributed by atoms with van der Waals surface area (Å²) in [7, 11) is -2.92. The van der Waals surface area contributed by atoms with Gasteiger partial charge >= 0.3 is 0 Å². The highest BCUT2D eigenvalue weighted by molar-refractivity contribution is 7.91. The van der Waals surface area contributed by atoms with E-state index >= 15 is 0 Å². The van der Waals surface area contributed by atoms with E-state index in [0.717, 1.165) is 0 Å². The van der Waals surface area contributed by atoms with Crippen LogP contribution >= 0.6 is 0 Å². The molecule has 0 aliphatic carbocycles. The van der Waals surface area contributed by atoms with Gasteiger partial charge in [-0.2, -0.15) is 0 Å². The average Bonchev–Trinajstić information content (AvgIpc) is 2.74. The van der Waals surface area contributed by atoms with Crippen molar-refractivity contribution in [2.24, 2.45) is 5.92 Å². The van der Waals surface area contributed by atoms with Crippen LogP contribution in [0.1, 0.15) is 12.8 Å². The summed E-state index contributed by atoms with van der Waals surface area (Å²) in [6.45, 7) is 0.727. The van der Waals surface area contributed by atoms with Crippen molar-refractivity contribution in [3.63, 3.8) is 0 Å². The van der Waals surface area contributed by atoms with Crippen molar-refractivity contribution >= 4 is 21.4 Å². The number of nitrogens with one attached hydrogen (secondary N) is 1. The van der Waals surface area contributed by atoms with Crippen molar-refractivity contribution in [3.05, 3.63) is 24.3 Å². The maximum Gasteiger partial charge on any atom is 0.220 e. The molecule has 3 N–H and O–H groups in total. The van der Waals surface area contributed by atoms with E-state index < -0.39 is 9.84 Å². The molecule has 0 spiro atoms. The predicted molar refractivity (Wildman–Crippen MR) is 80.7 cm³/mol. The predicted octanol–water partition coefficient (Wildman–Crippen LogP) is 0.589. The number of nitrogens with two attached hydrogens (primary N) is 1. The van der Waals surface area contributed by atoms with Crippen LogP contribution in [0.25, 0.3) is 0 Å².